The van der Waals surface area contributed by atoms with Gasteiger partial charge in [0.05, 0.1) is 21.3 Å². The molecular weight excluding hydrogens is 450 g/mol. The number of carbonyl (C=O) groups is 1. The predicted octanol–water partition coefficient (Wildman–Crippen LogP) is 5.62. The lowest BCUT2D eigenvalue weighted by Crippen LogP contribution is -2.38. The summed E-state index contributed by atoms with van der Waals surface area (Å²) in [7, 11) is 0. The number of ether oxygens (including phenoxy) is 1. The van der Waals surface area contributed by atoms with Gasteiger partial charge < -0.3 is 15.0 Å². The Bertz CT molecular complexity index is 1030. The van der Waals surface area contributed by atoms with Crippen molar-refractivity contribution < 1.29 is 9.53 Å². The molecule has 1 aromatic heterocycles. The Labute approximate surface area is 183 Å². The molecule has 2 aromatic carbocycles. The third-order valence-electron chi connectivity index (χ3n) is 5.27. The van der Waals surface area contributed by atoms with Gasteiger partial charge in [-0.05, 0) is 60.3 Å². The van der Waals surface area contributed by atoms with Crippen LogP contribution in [0.1, 0.15) is 25.3 Å². The summed E-state index contributed by atoms with van der Waals surface area (Å²) in [4.78, 5) is 19.8. The SMILES string of the molecule is CCOc1cc2sc(N3CCC(C(=O)Nc4ccccc4C)CC3)nc2cc1Br. The molecule has 1 aliphatic heterocycles. The maximum absolute atomic E-state index is 12.7. The molecule has 0 aliphatic carbocycles. The van der Waals surface area contributed by atoms with Gasteiger partial charge in [0, 0.05) is 30.8 Å². The van der Waals surface area contributed by atoms with Gasteiger partial charge >= 0.3 is 0 Å². The van der Waals surface area contributed by atoms with Crippen LogP contribution in [0.5, 0.6) is 5.75 Å². The molecule has 4 rings (SSSR count). The smallest absolute Gasteiger partial charge is 0.227 e. The number of piperidine rings is 1. The van der Waals surface area contributed by atoms with Crippen molar-refractivity contribution >= 4 is 54.2 Å². The van der Waals surface area contributed by atoms with Crippen LogP contribution in [0.4, 0.5) is 10.8 Å². The van der Waals surface area contributed by atoms with Crippen LogP contribution in [-0.2, 0) is 4.79 Å². The Hall–Kier alpha value is -2.12. The Kier molecular flexibility index (Phi) is 6.06. The summed E-state index contributed by atoms with van der Waals surface area (Å²) in [6, 6.07) is 12.0. The van der Waals surface area contributed by atoms with Crippen molar-refractivity contribution in [2.24, 2.45) is 5.92 Å². The highest BCUT2D eigenvalue weighted by molar-refractivity contribution is 9.10. The van der Waals surface area contributed by atoms with Crippen molar-refractivity contribution in [1.29, 1.82) is 0 Å². The Morgan fingerprint density at radius 3 is 2.79 bits per heavy atom. The van der Waals surface area contributed by atoms with E-state index in [4.69, 9.17) is 9.72 Å². The summed E-state index contributed by atoms with van der Waals surface area (Å²) in [5.74, 6) is 1.01. The first-order valence-electron chi connectivity index (χ1n) is 9.89. The number of hydrogen-bond acceptors (Lipinski definition) is 5. The second kappa shape index (κ2) is 8.71. The molecule has 0 saturated carbocycles. The van der Waals surface area contributed by atoms with E-state index in [0.29, 0.717) is 6.61 Å². The number of nitrogens with one attached hydrogen (secondary N) is 1. The molecule has 0 radical (unpaired) electrons. The topological polar surface area (TPSA) is 54.5 Å². The monoisotopic (exact) mass is 473 g/mol. The van der Waals surface area contributed by atoms with Crippen molar-refractivity contribution in [3.8, 4) is 5.75 Å². The highest BCUT2D eigenvalue weighted by Gasteiger charge is 2.27. The number of amides is 1. The number of fused-ring (bicyclic) bond motifs is 1. The van der Waals surface area contributed by atoms with Crippen LogP contribution in [0.3, 0.4) is 0 Å². The van der Waals surface area contributed by atoms with Crippen LogP contribution in [-0.4, -0.2) is 30.6 Å². The fourth-order valence-corrected chi connectivity index (χ4v) is 5.07. The fourth-order valence-electron chi connectivity index (χ4n) is 3.60. The maximum Gasteiger partial charge on any atom is 0.227 e. The summed E-state index contributed by atoms with van der Waals surface area (Å²) in [5.41, 5.74) is 2.96. The zero-order valence-corrected chi connectivity index (χ0v) is 19.0. The van der Waals surface area contributed by atoms with E-state index in [1.54, 1.807) is 11.3 Å². The number of para-hydroxylation sites is 1. The van der Waals surface area contributed by atoms with Gasteiger partial charge in [0.1, 0.15) is 5.75 Å². The second-order valence-electron chi connectivity index (χ2n) is 7.25. The molecule has 0 spiro atoms. The predicted molar refractivity (Wildman–Crippen MR) is 123 cm³/mol. The molecule has 2 heterocycles. The van der Waals surface area contributed by atoms with Gasteiger partial charge in [0.25, 0.3) is 0 Å². The molecule has 1 aliphatic rings. The number of anilines is 2. The van der Waals surface area contributed by atoms with E-state index in [9.17, 15) is 4.79 Å². The van der Waals surface area contributed by atoms with Gasteiger partial charge in [-0.3, -0.25) is 4.79 Å². The molecule has 1 amide bonds. The van der Waals surface area contributed by atoms with Crippen LogP contribution in [0, 0.1) is 12.8 Å². The standard InChI is InChI=1S/C22H24BrN3O2S/c1-3-28-19-13-20-18(12-16(19)23)25-22(29-20)26-10-8-15(9-11-26)21(27)24-17-7-5-4-6-14(17)2/h4-7,12-13,15H,3,8-11H2,1-2H3,(H,24,27). The molecule has 5 nitrogen and oxygen atoms in total. The minimum atomic E-state index is 0.0407. The van der Waals surface area contributed by atoms with Gasteiger partial charge in [0.15, 0.2) is 5.13 Å². The lowest BCUT2D eigenvalue weighted by atomic mass is 9.96. The number of rotatable bonds is 5. The van der Waals surface area contributed by atoms with E-state index in [1.165, 1.54) is 0 Å². The van der Waals surface area contributed by atoms with E-state index in [-0.39, 0.29) is 11.8 Å². The molecule has 7 heteroatoms. The summed E-state index contributed by atoms with van der Waals surface area (Å²) >= 11 is 5.24. The number of benzene rings is 2. The van der Waals surface area contributed by atoms with Crippen molar-refractivity contribution in [3.63, 3.8) is 0 Å². The average molecular weight is 474 g/mol. The number of carbonyl (C=O) groups excluding carboxylic acids is 1. The summed E-state index contributed by atoms with van der Waals surface area (Å²) in [6.45, 7) is 6.30. The molecule has 29 heavy (non-hydrogen) atoms. The minimum absolute atomic E-state index is 0.0407. The fraction of sp³-hybridized carbons (Fsp3) is 0.364. The molecule has 0 atom stereocenters. The lowest BCUT2D eigenvalue weighted by molar-refractivity contribution is -0.120. The normalized spacial score (nSPS) is 14.9. The molecule has 3 aromatic rings. The van der Waals surface area contributed by atoms with Crippen molar-refractivity contribution in [1.82, 2.24) is 4.98 Å². The first-order valence-corrected chi connectivity index (χ1v) is 11.5. The first kappa shape index (κ1) is 20.2. The molecule has 152 valence electrons. The third kappa shape index (κ3) is 4.41. The molecule has 1 N–H and O–H groups in total. The highest BCUT2D eigenvalue weighted by Crippen LogP contribution is 2.37. The van der Waals surface area contributed by atoms with E-state index >= 15 is 0 Å². The summed E-state index contributed by atoms with van der Waals surface area (Å²) in [5, 5.41) is 4.10. The number of hydrogen-bond donors (Lipinski definition) is 1. The van der Waals surface area contributed by atoms with Crippen molar-refractivity contribution in [3.05, 3.63) is 46.4 Å². The van der Waals surface area contributed by atoms with Gasteiger partial charge in [-0.15, -0.1) is 0 Å². The molecule has 0 bridgehead atoms. The van der Waals surface area contributed by atoms with Gasteiger partial charge in [-0.25, -0.2) is 4.98 Å². The van der Waals surface area contributed by atoms with E-state index in [1.807, 2.05) is 50.2 Å². The van der Waals surface area contributed by atoms with E-state index in [2.05, 4.69) is 26.1 Å². The highest BCUT2D eigenvalue weighted by atomic mass is 79.9. The molecule has 1 fully saturated rings. The zero-order valence-electron chi connectivity index (χ0n) is 16.6. The Morgan fingerprint density at radius 1 is 1.31 bits per heavy atom. The van der Waals surface area contributed by atoms with E-state index in [0.717, 1.165) is 62.8 Å². The number of nitrogens with zero attached hydrogens (tertiary/aromatic N) is 2. The van der Waals surface area contributed by atoms with Gasteiger partial charge in [-0.1, -0.05) is 29.5 Å². The second-order valence-corrected chi connectivity index (χ2v) is 9.11. The van der Waals surface area contributed by atoms with Crippen LogP contribution in [0.25, 0.3) is 10.2 Å². The largest absolute Gasteiger partial charge is 0.493 e. The molecular formula is C22H24BrN3O2S. The van der Waals surface area contributed by atoms with Crippen LogP contribution in [0.2, 0.25) is 0 Å². The van der Waals surface area contributed by atoms with Crippen LogP contribution < -0.4 is 15.0 Å². The maximum atomic E-state index is 12.7. The number of halogens is 1. The lowest BCUT2D eigenvalue weighted by Gasteiger charge is -2.31. The summed E-state index contributed by atoms with van der Waals surface area (Å²) < 4.78 is 7.71. The molecule has 1 saturated heterocycles. The van der Waals surface area contributed by atoms with Gasteiger partial charge in [-0.2, -0.15) is 0 Å². The minimum Gasteiger partial charge on any atom is -0.493 e. The summed E-state index contributed by atoms with van der Waals surface area (Å²) in [6.07, 6.45) is 1.67. The third-order valence-corrected chi connectivity index (χ3v) is 6.97. The first-order chi connectivity index (χ1) is 14.0. The average Bonchev–Trinajstić information content (AvgIpc) is 3.13. The van der Waals surface area contributed by atoms with Gasteiger partial charge in [0.2, 0.25) is 5.91 Å². The van der Waals surface area contributed by atoms with E-state index < -0.39 is 0 Å². The quantitative estimate of drug-likeness (QED) is 0.522. The van der Waals surface area contributed by atoms with Crippen LogP contribution >= 0.6 is 27.3 Å². The van der Waals surface area contributed by atoms with Crippen molar-refractivity contribution in [2.75, 3.05) is 29.9 Å². The van der Waals surface area contributed by atoms with Crippen molar-refractivity contribution in [2.45, 2.75) is 26.7 Å². The Morgan fingerprint density at radius 2 is 2.07 bits per heavy atom. The molecule has 0 unspecified atom stereocenters. The Balaban J connectivity index is 1.41. The number of aryl methyl sites for hydroxylation is 1. The number of thiazole rings is 1. The number of aromatic nitrogens is 1. The van der Waals surface area contributed by atoms with Crippen LogP contribution in [0.15, 0.2) is 40.9 Å². The zero-order chi connectivity index (χ0) is 20.4.